The molecule has 28 heavy (non-hydrogen) atoms. The highest BCUT2D eigenvalue weighted by Crippen LogP contribution is 2.32. The van der Waals surface area contributed by atoms with Crippen LogP contribution in [-0.2, 0) is 34.3 Å². The first-order valence-corrected chi connectivity index (χ1v) is 10.1. The molecule has 1 aliphatic heterocycles. The van der Waals surface area contributed by atoms with Gasteiger partial charge in [-0.1, -0.05) is 5.16 Å². The van der Waals surface area contributed by atoms with Crippen LogP contribution in [0.4, 0.5) is 5.13 Å². The fourth-order valence-corrected chi connectivity index (χ4v) is 3.94. The maximum atomic E-state index is 12.7. The van der Waals surface area contributed by atoms with Gasteiger partial charge in [0, 0.05) is 25.6 Å². The first kappa shape index (κ1) is 21.7. The number of ether oxygens (including phenoxy) is 1. The predicted octanol–water partition coefficient (Wildman–Crippen LogP) is -0.0360. The van der Waals surface area contributed by atoms with Gasteiger partial charge in [-0.2, -0.15) is 8.42 Å². The maximum absolute atomic E-state index is 12.7. The van der Waals surface area contributed by atoms with Crippen molar-refractivity contribution in [2.24, 2.45) is 11.1 Å². The van der Waals surface area contributed by atoms with Gasteiger partial charge in [-0.05, 0) is 6.92 Å². The Bertz CT molecular complexity index is 924. The number of nitrogens with zero attached hydrogens (tertiary/aromatic N) is 3. The first-order valence-electron chi connectivity index (χ1n) is 7.80. The number of hydrogen-bond acceptors (Lipinski definition) is 11. The van der Waals surface area contributed by atoms with E-state index in [2.05, 4.69) is 14.9 Å². The van der Waals surface area contributed by atoms with Crippen LogP contribution in [0.5, 0.6) is 0 Å². The Morgan fingerprint density at radius 2 is 2.18 bits per heavy atom. The number of Topliss-reactive ketones (excluding diaryl/α,β-unsaturated/α-hetero) is 1. The minimum absolute atomic E-state index is 0.0838. The average Bonchev–Trinajstić information content (AvgIpc) is 2.97. The van der Waals surface area contributed by atoms with E-state index >= 15 is 0 Å². The van der Waals surface area contributed by atoms with Gasteiger partial charge in [-0.25, -0.2) is 9.29 Å². The van der Waals surface area contributed by atoms with Crippen LogP contribution in [-0.4, -0.2) is 58.0 Å². The van der Waals surface area contributed by atoms with Gasteiger partial charge in [0.05, 0.1) is 12.0 Å². The van der Waals surface area contributed by atoms with E-state index in [1.807, 2.05) is 0 Å². The zero-order chi connectivity index (χ0) is 21.3. The molecule has 0 spiro atoms. The standard InChI is InChI=1S/C14H18N4O8S2/c1-7-8(12(21)18(7)28(22,23)24)4-10(20)11(9-5-27-13(15)16-9)17-26-14(2,3)25-6-19/h5-8H,4H2,1-3H3,(H2,15,16)(H,22,23,24)/b17-11+/t7-,8-/m0/s1. The zero-order valence-corrected chi connectivity index (χ0v) is 16.7. The molecule has 1 fully saturated rings. The van der Waals surface area contributed by atoms with E-state index in [1.54, 1.807) is 0 Å². The molecule has 0 aliphatic carbocycles. The molecule has 0 bridgehead atoms. The summed E-state index contributed by atoms with van der Waals surface area (Å²) in [6, 6.07) is -0.913. The fourth-order valence-electron chi connectivity index (χ4n) is 2.46. The van der Waals surface area contributed by atoms with Crippen LogP contribution in [0.2, 0.25) is 0 Å². The molecule has 1 amide bonds. The van der Waals surface area contributed by atoms with Crippen molar-refractivity contribution in [1.29, 1.82) is 0 Å². The average molecular weight is 434 g/mol. The summed E-state index contributed by atoms with van der Waals surface area (Å²) in [5.74, 6) is -4.04. The lowest BCUT2D eigenvalue weighted by molar-refractivity contribution is -0.203. The summed E-state index contributed by atoms with van der Waals surface area (Å²) in [6.07, 6.45) is -0.402. The van der Waals surface area contributed by atoms with E-state index < -0.39 is 46.2 Å². The Morgan fingerprint density at radius 1 is 1.54 bits per heavy atom. The smallest absolute Gasteiger partial charge is 0.362 e. The van der Waals surface area contributed by atoms with Crippen molar-refractivity contribution in [2.45, 2.75) is 39.0 Å². The van der Waals surface area contributed by atoms with Gasteiger partial charge in [-0.3, -0.25) is 18.9 Å². The Kier molecular flexibility index (Phi) is 6.06. The summed E-state index contributed by atoms with van der Waals surface area (Å²) in [5, 5.41) is 5.31. The normalized spacial score (nSPS) is 20.5. The Balaban J connectivity index is 2.23. The minimum Gasteiger partial charge on any atom is -0.423 e. The van der Waals surface area contributed by atoms with Crippen molar-refractivity contribution in [2.75, 3.05) is 5.73 Å². The van der Waals surface area contributed by atoms with Gasteiger partial charge in [0.15, 0.2) is 16.6 Å². The molecular formula is C14H18N4O8S2. The number of rotatable bonds is 9. The minimum atomic E-state index is -4.70. The summed E-state index contributed by atoms with van der Waals surface area (Å²) in [7, 11) is -4.70. The van der Waals surface area contributed by atoms with Crippen LogP contribution in [0.15, 0.2) is 10.5 Å². The molecule has 14 heteroatoms. The van der Waals surface area contributed by atoms with Crippen LogP contribution in [0, 0.1) is 5.92 Å². The van der Waals surface area contributed by atoms with Crippen molar-refractivity contribution in [3.63, 3.8) is 0 Å². The summed E-state index contributed by atoms with van der Waals surface area (Å²) in [4.78, 5) is 44.2. The van der Waals surface area contributed by atoms with Crippen molar-refractivity contribution >= 4 is 50.6 Å². The molecule has 154 valence electrons. The molecule has 1 aliphatic rings. The lowest BCUT2D eigenvalue weighted by Crippen LogP contribution is -2.62. The first-order chi connectivity index (χ1) is 12.9. The molecule has 1 aromatic heterocycles. The Morgan fingerprint density at radius 3 is 2.64 bits per heavy atom. The van der Waals surface area contributed by atoms with Gasteiger partial charge in [0.25, 0.3) is 12.3 Å². The second-order valence-electron chi connectivity index (χ2n) is 6.30. The predicted molar refractivity (Wildman–Crippen MR) is 96.3 cm³/mol. The SMILES string of the molecule is C[C@H]1[C@H](CC(=O)/C(=N/OC(C)(C)OC=O)c2csc(N)n2)C(=O)N1S(=O)(=O)O. The highest BCUT2D eigenvalue weighted by molar-refractivity contribution is 7.84. The number of amides is 1. The number of carbonyl (C=O) groups excluding carboxylic acids is 3. The lowest BCUT2D eigenvalue weighted by atomic mass is 9.86. The third kappa shape index (κ3) is 4.63. The topological polar surface area (TPSA) is 179 Å². The largest absolute Gasteiger partial charge is 0.423 e. The van der Waals surface area contributed by atoms with Gasteiger partial charge in [-0.15, -0.1) is 11.3 Å². The van der Waals surface area contributed by atoms with E-state index in [1.165, 1.54) is 26.2 Å². The molecule has 2 rings (SSSR count). The molecule has 2 heterocycles. The number of anilines is 1. The van der Waals surface area contributed by atoms with Crippen molar-refractivity contribution in [1.82, 2.24) is 9.29 Å². The summed E-state index contributed by atoms with van der Waals surface area (Å²) in [6.45, 7) is 4.28. The highest BCUT2D eigenvalue weighted by Gasteiger charge is 2.51. The summed E-state index contributed by atoms with van der Waals surface area (Å²) < 4.78 is 36.3. The van der Waals surface area contributed by atoms with Crippen LogP contribution >= 0.6 is 11.3 Å². The third-order valence-corrected chi connectivity index (χ3v) is 5.54. The van der Waals surface area contributed by atoms with Crippen LogP contribution in [0.3, 0.4) is 0 Å². The van der Waals surface area contributed by atoms with Crippen molar-refractivity contribution in [3.05, 3.63) is 11.1 Å². The molecule has 12 nitrogen and oxygen atoms in total. The number of nitrogens with two attached hydrogens (primary N) is 1. The molecule has 3 N–H and O–H groups in total. The molecule has 2 atom stereocenters. The molecule has 1 saturated heterocycles. The summed E-state index contributed by atoms with van der Waals surface area (Å²) >= 11 is 1.04. The Labute approximate surface area is 164 Å². The molecule has 0 radical (unpaired) electrons. The van der Waals surface area contributed by atoms with Gasteiger partial charge < -0.3 is 15.3 Å². The van der Waals surface area contributed by atoms with Gasteiger partial charge in [0.2, 0.25) is 5.91 Å². The van der Waals surface area contributed by atoms with Crippen LogP contribution in [0.25, 0.3) is 0 Å². The molecular weight excluding hydrogens is 416 g/mol. The number of hydrogen-bond donors (Lipinski definition) is 2. The number of nitrogen functional groups attached to an aromatic ring is 1. The second-order valence-corrected chi connectivity index (χ2v) is 8.48. The number of ketones is 1. The zero-order valence-electron chi connectivity index (χ0n) is 15.1. The number of β-lactam (4-membered cyclic amide) rings is 1. The number of carbonyl (C=O) groups is 3. The quantitative estimate of drug-likeness (QED) is 0.134. The van der Waals surface area contributed by atoms with E-state index in [4.69, 9.17) is 15.1 Å². The lowest BCUT2D eigenvalue weighted by Gasteiger charge is -2.41. The third-order valence-electron chi connectivity index (χ3n) is 3.86. The summed E-state index contributed by atoms with van der Waals surface area (Å²) in [5.41, 5.74) is 5.38. The number of oxime groups is 1. The van der Waals surface area contributed by atoms with Crippen molar-refractivity contribution < 1.29 is 36.9 Å². The molecule has 0 unspecified atom stereocenters. The van der Waals surface area contributed by atoms with E-state index in [0.29, 0.717) is 4.31 Å². The van der Waals surface area contributed by atoms with Gasteiger partial charge in [0.1, 0.15) is 5.69 Å². The molecule has 0 aromatic carbocycles. The van der Waals surface area contributed by atoms with Crippen LogP contribution in [0.1, 0.15) is 32.9 Å². The maximum Gasteiger partial charge on any atom is 0.362 e. The van der Waals surface area contributed by atoms with Crippen molar-refractivity contribution in [3.8, 4) is 0 Å². The number of thiazole rings is 1. The van der Waals surface area contributed by atoms with E-state index in [9.17, 15) is 22.8 Å². The van der Waals surface area contributed by atoms with E-state index in [-0.39, 0.29) is 23.0 Å². The Hall–Kier alpha value is -2.58. The van der Waals surface area contributed by atoms with Gasteiger partial charge >= 0.3 is 10.3 Å². The molecule has 0 saturated carbocycles. The highest BCUT2D eigenvalue weighted by atomic mass is 32.2. The second kappa shape index (κ2) is 7.81. The number of aromatic nitrogens is 1. The monoisotopic (exact) mass is 434 g/mol. The van der Waals surface area contributed by atoms with Crippen LogP contribution < -0.4 is 5.73 Å². The van der Waals surface area contributed by atoms with E-state index in [0.717, 1.165) is 11.3 Å². The fraction of sp³-hybridized carbons (Fsp3) is 0.500. The molecule has 1 aromatic rings.